The predicted octanol–water partition coefficient (Wildman–Crippen LogP) is 7.30. The van der Waals surface area contributed by atoms with Crippen LogP contribution in [0.25, 0.3) is 11.0 Å². The summed E-state index contributed by atoms with van der Waals surface area (Å²) in [6.07, 6.45) is 11.3. The maximum Gasteiger partial charge on any atom is 0.224 e. The van der Waals surface area contributed by atoms with Crippen molar-refractivity contribution >= 4 is 41.2 Å². The lowest BCUT2D eigenvalue weighted by atomic mass is 9.93. The first-order valence-electron chi connectivity index (χ1n) is 11.5. The number of fused-ring (bicyclic) bond motifs is 1. The fourth-order valence-corrected chi connectivity index (χ4v) is 6.02. The van der Waals surface area contributed by atoms with E-state index >= 15 is 0 Å². The van der Waals surface area contributed by atoms with E-state index in [1.165, 1.54) is 0 Å². The van der Waals surface area contributed by atoms with Gasteiger partial charge in [0.1, 0.15) is 5.65 Å². The topological polar surface area (TPSA) is 52.0 Å². The Bertz CT molecular complexity index is 853. The maximum absolute atomic E-state index is 6.69. The molecule has 2 aromatic rings. The molecule has 30 heavy (non-hydrogen) atoms. The molecule has 0 bridgehead atoms. The van der Waals surface area contributed by atoms with Gasteiger partial charge in [0.2, 0.25) is 5.95 Å². The Balaban J connectivity index is 1.73. The molecule has 5 nitrogen and oxygen atoms in total. The Morgan fingerprint density at radius 2 is 1.93 bits per heavy atom. The van der Waals surface area contributed by atoms with Crippen LogP contribution in [0.5, 0.6) is 0 Å². The van der Waals surface area contributed by atoms with Crippen molar-refractivity contribution < 1.29 is 4.43 Å². The summed E-state index contributed by atoms with van der Waals surface area (Å²) in [5.74, 6) is 0.727. The van der Waals surface area contributed by atoms with Crippen LogP contribution in [0.4, 0.5) is 5.95 Å². The van der Waals surface area contributed by atoms with Crippen molar-refractivity contribution in [2.75, 3.05) is 5.32 Å². The number of aromatic nitrogens is 3. The van der Waals surface area contributed by atoms with Crippen molar-refractivity contribution in [2.45, 2.75) is 109 Å². The van der Waals surface area contributed by atoms with Crippen LogP contribution in [-0.2, 0) is 4.43 Å². The lowest BCUT2D eigenvalue weighted by Crippen LogP contribution is -2.44. The SMILES string of the molecule is CCCC(C)Nc1ncc2c(Br)cn(C3CCC(O[Si](C)(C)C(C)(C)C)CC3)c2n1. The fraction of sp³-hybridized carbons (Fsp3) is 0.739. The van der Waals surface area contributed by atoms with Gasteiger partial charge >= 0.3 is 0 Å². The molecule has 0 radical (unpaired) electrons. The third-order valence-electron chi connectivity index (χ3n) is 6.92. The van der Waals surface area contributed by atoms with Gasteiger partial charge in [-0.15, -0.1) is 0 Å². The molecular weight excluding hydrogens is 456 g/mol. The molecule has 0 spiro atoms. The van der Waals surface area contributed by atoms with Crippen molar-refractivity contribution in [3.05, 3.63) is 16.9 Å². The normalized spacial score (nSPS) is 21.7. The van der Waals surface area contributed by atoms with Gasteiger partial charge in [0.15, 0.2) is 8.32 Å². The Morgan fingerprint density at radius 1 is 1.27 bits per heavy atom. The predicted molar refractivity (Wildman–Crippen MR) is 133 cm³/mol. The zero-order valence-corrected chi connectivity index (χ0v) is 22.3. The van der Waals surface area contributed by atoms with Gasteiger partial charge in [-0.3, -0.25) is 0 Å². The summed E-state index contributed by atoms with van der Waals surface area (Å²) in [7, 11) is -1.71. The van der Waals surface area contributed by atoms with Crippen molar-refractivity contribution in [1.82, 2.24) is 14.5 Å². The van der Waals surface area contributed by atoms with Crippen LogP contribution in [-0.4, -0.2) is 35.0 Å². The highest BCUT2D eigenvalue weighted by molar-refractivity contribution is 9.10. The Morgan fingerprint density at radius 3 is 2.53 bits per heavy atom. The lowest BCUT2D eigenvalue weighted by molar-refractivity contribution is 0.119. The second kappa shape index (κ2) is 9.29. The summed E-state index contributed by atoms with van der Waals surface area (Å²) >= 11 is 3.72. The second-order valence-corrected chi connectivity index (χ2v) is 16.1. The molecule has 168 valence electrons. The fourth-order valence-electron chi connectivity index (χ4n) is 4.10. The van der Waals surface area contributed by atoms with Crippen LogP contribution in [0.3, 0.4) is 0 Å². The molecule has 1 saturated carbocycles. The van der Waals surface area contributed by atoms with Crippen LogP contribution < -0.4 is 5.32 Å². The molecule has 7 heteroatoms. The molecular formula is C23H39BrN4OSi. The minimum atomic E-state index is -1.71. The largest absolute Gasteiger partial charge is 0.414 e. The van der Waals surface area contributed by atoms with Crippen LogP contribution in [0.1, 0.15) is 79.2 Å². The Labute approximate surface area is 191 Å². The van der Waals surface area contributed by atoms with Gasteiger partial charge in [0.25, 0.3) is 0 Å². The molecule has 0 aromatic carbocycles. The zero-order chi connectivity index (χ0) is 22.1. The van der Waals surface area contributed by atoms with Gasteiger partial charge in [-0.25, -0.2) is 4.98 Å². The molecule has 1 aliphatic carbocycles. The van der Waals surface area contributed by atoms with Gasteiger partial charge in [-0.05, 0) is 73.1 Å². The van der Waals surface area contributed by atoms with Crippen molar-refractivity contribution in [3.8, 4) is 0 Å². The summed E-state index contributed by atoms with van der Waals surface area (Å²) in [6, 6.07) is 0.844. The van der Waals surface area contributed by atoms with E-state index in [-0.39, 0.29) is 5.04 Å². The smallest absolute Gasteiger partial charge is 0.224 e. The minimum Gasteiger partial charge on any atom is -0.414 e. The Hall–Kier alpha value is -0.923. The van der Waals surface area contributed by atoms with E-state index in [0.717, 1.165) is 60.0 Å². The number of nitrogens with one attached hydrogen (secondary N) is 1. The number of rotatable bonds is 7. The Kier molecular flexibility index (Phi) is 7.35. The molecule has 0 saturated heterocycles. The van der Waals surface area contributed by atoms with Gasteiger partial charge in [0.05, 0.1) is 5.39 Å². The summed E-state index contributed by atoms with van der Waals surface area (Å²) in [4.78, 5) is 9.43. The molecule has 2 heterocycles. The average Bonchev–Trinajstić information content (AvgIpc) is 2.97. The molecule has 1 N–H and O–H groups in total. The first-order chi connectivity index (χ1) is 14.0. The zero-order valence-electron chi connectivity index (χ0n) is 19.8. The second-order valence-electron chi connectivity index (χ2n) is 10.5. The summed E-state index contributed by atoms with van der Waals surface area (Å²) < 4.78 is 10.1. The van der Waals surface area contributed by atoms with Crippen LogP contribution in [0.2, 0.25) is 18.1 Å². The third-order valence-corrected chi connectivity index (χ3v) is 12.1. The summed E-state index contributed by atoms with van der Waals surface area (Å²) in [5, 5.41) is 4.81. The van der Waals surface area contributed by atoms with E-state index in [9.17, 15) is 0 Å². The minimum absolute atomic E-state index is 0.264. The highest BCUT2D eigenvalue weighted by Gasteiger charge is 2.40. The molecule has 2 aromatic heterocycles. The molecule has 1 fully saturated rings. The van der Waals surface area contributed by atoms with E-state index in [2.05, 4.69) is 84.7 Å². The third kappa shape index (κ3) is 5.28. The highest BCUT2D eigenvalue weighted by atomic mass is 79.9. The van der Waals surface area contributed by atoms with E-state index in [0.29, 0.717) is 18.2 Å². The quantitative estimate of drug-likeness (QED) is 0.410. The first kappa shape index (κ1) is 23.7. The van der Waals surface area contributed by atoms with Gasteiger partial charge in [0, 0.05) is 35.1 Å². The van der Waals surface area contributed by atoms with Crippen LogP contribution in [0, 0.1) is 0 Å². The van der Waals surface area contributed by atoms with Crippen LogP contribution >= 0.6 is 15.9 Å². The van der Waals surface area contributed by atoms with E-state index in [1.54, 1.807) is 0 Å². The number of hydrogen-bond acceptors (Lipinski definition) is 4. The standard InChI is InChI=1S/C23H39BrN4OSi/c1-8-9-16(2)26-22-25-14-19-20(24)15-28(21(19)27-22)17-10-12-18(13-11-17)29-30(6,7)23(3,4)5/h14-18H,8-13H2,1-7H3,(H,25,26,27). The molecule has 3 rings (SSSR count). The number of anilines is 1. The average molecular weight is 496 g/mol. The number of halogens is 1. The highest BCUT2D eigenvalue weighted by Crippen LogP contribution is 2.41. The number of nitrogens with zero attached hydrogens (tertiary/aromatic N) is 3. The van der Waals surface area contributed by atoms with E-state index < -0.39 is 8.32 Å². The molecule has 1 atom stereocenters. The van der Waals surface area contributed by atoms with Gasteiger partial charge in [-0.2, -0.15) is 4.98 Å². The molecule has 0 amide bonds. The molecule has 0 aliphatic heterocycles. The molecule has 1 aliphatic rings. The van der Waals surface area contributed by atoms with E-state index in [4.69, 9.17) is 9.41 Å². The van der Waals surface area contributed by atoms with Gasteiger partial charge in [-0.1, -0.05) is 34.1 Å². The van der Waals surface area contributed by atoms with Crippen molar-refractivity contribution in [1.29, 1.82) is 0 Å². The molecule has 1 unspecified atom stereocenters. The summed E-state index contributed by atoms with van der Waals surface area (Å²) in [6.45, 7) is 16.1. The van der Waals surface area contributed by atoms with Crippen LogP contribution in [0.15, 0.2) is 16.9 Å². The lowest BCUT2D eigenvalue weighted by Gasteiger charge is -2.41. The van der Waals surface area contributed by atoms with Crippen molar-refractivity contribution in [2.24, 2.45) is 0 Å². The number of hydrogen-bond donors (Lipinski definition) is 1. The summed E-state index contributed by atoms with van der Waals surface area (Å²) in [5.41, 5.74) is 1.02. The van der Waals surface area contributed by atoms with E-state index in [1.807, 2.05) is 6.20 Å². The van der Waals surface area contributed by atoms with Crippen molar-refractivity contribution in [3.63, 3.8) is 0 Å². The monoisotopic (exact) mass is 494 g/mol. The first-order valence-corrected chi connectivity index (χ1v) is 15.2. The van der Waals surface area contributed by atoms with Gasteiger partial charge < -0.3 is 14.3 Å². The maximum atomic E-state index is 6.69.